The van der Waals surface area contributed by atoms with Crippen molar-refractivity contribution in [2.75, 3.05) is 25.0 Å². The van der Waals surface area contributed by atoms with Crippen molar-refractivity contribution >= 4 is 11.8 Å². The molecule has 4 rings (SSSR count). The van der Waals surface area contributed by atoms with Crippen LogP contribution >= 0.6 is 0 Å². The molecule has 1 unspecified atom stereocenters. The van der Waals surface area contributed by atoms with Crippen molar-refractivity contribution in [3.63, 3.8) is 0 Å². The predicted octanol–water partition coefficient (Wildman–Crippen LogP) is 2.97. The standard InChI is InChI=1S/C23H28FN7/c1-16-20(17(2)31(29-16)19-8-5-4-6-9-19)14-27-23(25-3)28-18-11-13-30(15-18)22-21(24)10-7-12-26-22/h4-10,12,18H,11,13-15H2,1-3H3,(H2,25,27,28). The van der Waals surface area contributed by atoms with Crippen molar-refractivity contribution in [2.24, 2.45) is 4.99 Å². The first kappa shape index (κ1) is 20.8. The lowest BCUT2D eigenvalue weighted by atomic mass is 10.2. The maximum absolute atomic E-state index is 14.0. The van der Waals surface area contributed by atoms with E-state index in [0.717, 1.165) is 41.6 Å². The quantitative estimate of drug-likeness (QED) is 0.490. The molecule has 0 radical (unpaired) electrons. The Bertz CT molecular complexity index is 1060. The van der Waals surface area contributed by atoms with Gasteiger partial charge in [-0.25, -0.2) is 14.1 Å². The van der Waals surface area contributed by atoms with Crippen molar-refractivity contribution in [1.82, 2.24) is 25.4 Å². The highest BCUT2D eigenvalue weighted by atomic mass is 19.1. The van der Waals surface area contributed by atoms with E-state index in [1.807, 2.05) is 46.8 Å². The molecule has 3 heterocycles. The van der Waals surface area contributed by atoms with E-state index in [0.29, 0.717) is 18.9 Å². The summed E-state index contributed by atoms with van der Waals surface area (Å²) in [6.45, 7) is 6.16. The molecule has 2 aromatic heterocycles. The lowest BCUT2D eigenvalue weighted by Gasteiger charge is -2.20. The van der Waals surface area contributed by atoms with Gasteiger partial charge in [0.2, 0.25) is 0 Å². The summed E-state index contributed by atoms with van der Waals surface area (Å²) >= 11 is 0. The smallest absolute Gasteiger partial charge is 0.191 e. The first-order chi connectivity index (χ1) is 15.1. The van der Waals surface area contributed by atoms with Crippen LogP contribution in [0, 0.1) is 19.7 Å². The van der Waals surface area contributed by atoms with E-state index in [1.165, 1.54) is 6.07 Å². The van der Waals surface area contributed by atoms with Gasteiger partial charge in [0.15, 0.2) is 17.6 Å². The minimum absolute atomic E-state index is 0.168. The maximum Gasteiger partial charge on any atom is 0.191 e. The van der Waals surface area contributed by atoms with Crippen molar-refractivity contribution in [2.45, 2.75) is 32.9 Å². The minimum atomic E-state index is -0.285. The average molecular weight is 422 g/mol. The SMILES string of the molecule is CN=C(NCc1c(C)nn(-c2ccccc2)c1C)NC1CCN(c2ncccc2F)C1. The third-order valence-corrected chi connectivity index (χ3v) is 5.67. The second kappa shape index (κ2) is 9.16. The van der Waals surface area contributed by atoms with Crippen LogP contribution in [0.5, 0.6) is 0 Å². The number of rotatable bonds is 5. The van der Waals surface area contributed by atoms with Gasteiger partial charge in [-0.15, -0.1) is 0 Å². The number of nitrogens with one attached hydrogen (secondary N) is 2. The molecule has 31 heavy (non-hydrogen) atoms. The van der Waals surface area contributed by atoms with E-state index in [-0.39, 0.29) is 11.9 Å². The first-order valence-electron chi connectivity index (χ1n) is 10.5. The monoisotopic (exact) mass is 421 g/mol. The van der Waals surface area contributed by atoms with Crippen LogP contribution in [0.15, 0.2) is 53.7 Å². The third kappa shape index (κ3) is 4.52. The van der Waals surface area contributed by atoms with E-state index in [9.17, 15) is 4.39 Å². The molecule has 1 aliphatic heterocycles. The van der Waals surface area contributed by atoms with Gasteiger partial charge in [0.1, 0.15) is 0 Å². The summed E-state index contributed by atoms with van der Waals surface area (Å²) in [5.41, 5.74) is 4.28. The molecule has 162 valence electrons. The zero-order chi connectivity index (χ0) is 21.8. The minimum Gasteiger partial charge on any atom is -0.352 e. The van der Waals surface area contributed by atoms with Crippen molar-refractivity contribution < 1.29 is 4.39 Å². The normalized spacial score (nSPS) is 16.6. The molecular weight excluding hydrogens is 393 g/mol. The molecule has 0 bridgehead atoms. The number of halogens is 1. The van der Waals surface area contributed by atoms with Crippen molar-refractivity contribution in [3.05, 3.63) is 71.4 Å². The Labute approximate surface area is 182 Å². The molecule has 0 aliphatic carbocycles. The van der Waals surface area contributed by atoms with Gasteiger partial charge in [-0.3, -0.25) is 4.99 Å². The van der Waals surface area contributed by atoms with Gasteiger partial charge in [-0.2, -0.15) is 5.10 Å². The summed E-state index contributed by atoms with van der Waals surface area (Å²) in [7, 11) is 1.76. The molecule has 1 fully saturated rings. The second-order valence-corrected chi connectivity index (χ2v) is 7.71. The lowest BCUT2D eigenvalue weighted by Crippen LogP contribution is -2.44. The first-order valence-corrected chi connectivity index (χ1v) is 10.5. The fraction of sp³-hybridized carbons (Fsp3) is 0.348. The zero-order valence-electron chi connectivity index (χ0n) is 18.1. The van der Waals surface area contributed by atoms with Gasteiger partial charge < -0.3 is 15.5 Å². The number of aryl methyl sites for hydroxylation is 1. The van der Waals surface area contributed by atoms with E-state index in [2.05, 4.69) is 27.5 Å². The number of anilines is 1. The maximum atomic E-state index is 14.0. The summed E-state index contributed by atoms with van der Waals surface area (Å²) in [4.78, 5) is 10.5. The molecule has 1 aromatic carbocycles. The van der Waals surface area contributed by atoms with Crippen LogP contribution < -0.4 is 15.5 Å². The molecule has 1 atom stereocenters. The number of para-hydroxylation sites is 1. The topological polar surface area (TPSA) is 70.4 Å². The highest BCUT2D eigenvalue weighted by Crippen LogP contribution is 2.21. The fourth-order valence-corrected chi connectivity index (χ4v) is 3.99. The summed E-state index contributed by atoms with van der Waals surface area (Å²) < 4.78 is 16.0. The van der Waals surface area contributed by atoms with Gasteiger partial charge in [0, 0.05) is 50.2 Å². The van der Waals surface area contributed by atoms with Crippen LogP contribution in [0.3, 0.4) is 0 Å². The second-order valence-electron chi connectivity index (χ2n) is 7.71. The Kier molecular flexibility index (Phi) is 6.16. The molecule has 1 aliphatic rings. The van der Waals surface area contributed by atoms with Crippen LogP contribution in [-0.4, -0.2) is 46.9 Å². The molecule has 2 N–H and O–H groups in total. The highest BCUT2D eigenvalue weighted by Gasteiger charge is 2.26. The Hall–Kier alpha value is -3.42. The van der Waals surface area contributed by atoms with Crippen LogP contribution in [0.25, 0.3) is 5.69 Å². The van der Waals surface area contributed by atoms with Gasteiger partial charge in [-0.05, 0) is 44.5 Å². The van der Waals surface area contributed by atoms with Crippen LogP contribution in [0.1, 0.15) is 23.4 Å². The van der Waals surface area contributed by atoms with E-state index < -0.39 is 0 Å². The molecular formula is C23H28FN7. The molecule has 0 amide bonds. The number of nitrogens with zero attached hydrogens (tertiary/aromatic N) is 5. The van der Waals surface area contributed by atoms with Gasteiger partial charge in [0.05, 0.1) is 11.4 Å². The van der Waals surface area contributed by atoms with Gasteiger partial charge in [-0.1, -0.05) is 18.2 Å². The Morgan fingerprint density at radius 1 is 1.19 bits per heavy atom. The summed E-state index contributed by atoms with van der Waals surface area (Å²) in [5, 5.41) is 11.6. The van der Waals surface area contributed by atoms with E-state index in [4.69, 9.17) is 5.10 Å². The Morgan fingerprint density at radius 3 is 2.74 bits per heavy atom. The van der Waals surface area contributed by atoms with Crippen LogP contribution in [0.2, 0.25) is 0 Å². The van der Waals surface area contributed by atoms with Crippen molar-refractivity contribution in [1.29, 1.82) is 0 Å². The number of pyridine rings is 1. The predicted molar refractivity (Wildman–Crippen MR) is 121 cm³/mol. The zero-order valence-corrected chi connectivity index (χ0v) is 18.1. The third-order valence-electron chi connectivity index (χ3n) is 5.67. The summed E-state index contributed by atoms with van der Waals surface area (Å²) in [5.74, 6) is 0.848. The van der Waals surface area contributed by atoms with E-state index >= 15 is 0 Å². The summed E-state index contributed by atoms with van der Waals surface area (Å²) in [6.07, 6.45) is 2.51. The largest absolute Gasteiger partial charge is 0.352 e. The van der Waals surface area contributed by atoms with Crippen molar-refractivity contribution in [3.8, 4) is 5.69 Å². The number of aliphatic imine (C=N–C) groups is 1. The fourth-order valence-electron chi connectivity index (χ4n) is 3.99. The number of hydrogen-bond acceptors (Lipinski definition) is 4. The average Bonchev–Trinajstić information content (AvgIpc) is 3.36. The molecule has 7 nitrogen and oxygen atoms in total. The number of aromatic nitrogens is 3. The highest BCUT2D eigenvalue weighted by molar-refractivity contribution is 5.80. The lowest BCUT2D eigenvalue weighted by molar-refractivity contribution is 0.612. The molecule has 0 spiro atoms. The van der Waals surface area contributed by atoms with Crippen LogP contribution in [-0.2, 0) is 6.54 Å². The van der Waals surface area contributed by atoms with Gasteiger partial charge >= 0.3 is 0 Å². The number of hydrogen-bond donors (Lipinski definition) is 2. The molecule has 8 heteroatoms. The van der Waals surface area contributed by atoms with Crippen LogP contribution in [0.4, 0.5) is 10.2 Å². The Morgan fingerprint density at radius 2 is 2.00 bits per heavy atom. The molecule has 1 saturated heterocycles. The molecule has 3 aromatic rings. The number of benzene rings is 1. The number of guanidine groups is 1. The molecule has 0 saturated carbocycles. The van der Waals surface area contributed by atoms with Gasteiger partial charge in [0.25, 0.3) is 0 Å². The Balaban J connectivity index is 1.38. The summed E-state index contributed by atoms with van der Waals surface area (Å²) in [6, 6.07) is 13.3. The van der Waals surface area contributed by atoms with E-state index in [1.54, 1.807) is 19.3 Å².